The van der Waals surface area contributed by atoms with Gasteiger partial charge in [0.1, 0.15) is 0 Å². The van der Waals surface area contributed by atoms with Gasteiger partial charge in [-0.05, 0) is 52.4 Å². The summed E-state index contributed by atoms with van der Waals surface area (Å²) in [7, 11) is 0. The van der Waals surface area contributed by atoms with Crippen molar-refractivity contribution in [3.63, 3.8) is 0 Å². The highest BCUT2D eigenvalue weighted by atomic mass is 16.5. The minimum Gasteiger partial charge on any atom is -0.449 e. The molecule has 2 rings (SSSR count). The van der Waals surface area contributed by atoms with Gasteiger partial charge in [0, 0.05) is 24.7 Å². The van der Waals surface area contributed by atoms with E-state index < -0.39 is 0 Å². The number of nitrogens with zero attached hydrogens (tertiary/aromatic N) is 1. The van der Waals surface area contributed by atoms with Crippen LogP contribution in [0.2, 0.25) is 0 Å². The average Bonchev–Trinajstić information content (AvgIpc) is 2.45. The Morgan fingerprint density at radius 2 is 1.81 bits per heavy atom. The predicted molar refractivity (Wildman–Crippen MR) is 82.4 cm³/mol. The van der Waals surface area contributed by atoms with Crippen LogP contribution in [0.1, 0.15) is 46.5 Å². The standard InChI is InChI=1S/C16H30N2O3/c1-16(2,3)17-15(19)21-12-13-4-6-14(7-5-13)18-8-10-20-11-9-18/h13-14H,4-12H2,1-3H3,(H,17,19). The first-order chi connectivity index (χ1) is 9.94. The van der Waals surface area contributed by atoms with Crippen molar-refractivity contribution in [1.82, 2.24) is 10.2 Å². The van der Waals surface area contributed by atoms with Crippen molar-refractivity contribution in [2.45, 2.75) is 58.0 Å². The fraction of sp³-hybridized carbons (Fsp3) is 0.938. The molecule has 1 saturated heterocycles. The molecule has 0 unspecified atom stereocenters. The monoisotopic (exact) mass is 298 g/mol. The highest BCUT2D eigenvalue weighted by Crippen LogP contribution is 2.28. The third-order valence-corrected chi connectivity index (χ3v) is 4.31. The molecule has 0 aromatic heterocycles. The third-order valence-electron chi connectivity index (χ3n) is 4.31. The van der Waals surface area contributed by atoms with Crippen molar-refractivity contribution < 1.29 is 14.3 Å². The maximum Gasteiger partial charge on any atom is 0.407 e. The lowest BCUT2D eigenvalue weighted by molar-refractivity contribution is 0.00165. The van der Waals surface area contributed by atoms with Gasteiger partial charge in [0.2, 0.25) is 0 Å². The molecule has 1 amide bonds. The Kier molecular flexibility index (Phi) is 5.88. The normalized spacial score (nSPS) is 28.1. The molecule has 0 radical (unpaired) electrons. The number of alkyl carbamates (subject to hydrolysis) is 1. The van der Waals surface area contributed by atoms with Gasteiger partial charge >= 0.3 is 6.09 Å². The number of amides is 1. The number of nitrogens with one attached hydrogen (secondary N) is 1. The molecule has 2 aliphatic rings. The third kappa shape index (κ3) is 5.83. The lowest BCUT2D eigenvalue weighted by Crippen LogP contribution is -2.45. The minimum atomic E-state index is -0.294. The lowest BCUT2D eigenvalue weighted by atomic mass is 9.85. The van der Waals surface area contributed by atoms with Gasteiger partial charge in [-0.3, -0.25) is 4.90 Å². The van der Waals surface area contributed by atoms with Gasteiger partial charge in [-0.2, -0.15) is 0 Å². The molecule has 122 valence electrons. The fourth-order valence-electron chi connectivity index (χ4n) is 3.16. The van der Waals surface area contributed by atoms with Crippen LogP contribution in [0.25, 0.3) is 0 Å². The van der Waals surface area contributed by atoms with Crippen LogP contribution in [0, 0.1) is 5.92 Å². The summed E-state index contributed by atoms with van der Waals surface area (Å²) in [5.74, 6) is 0.521. The summed E-state index contributed by atoms with van der Waals surface area (Å²) in [6.07, 6.45) is 4.46. The number of rotatable bonds is 3. The van der Waals surface area contributed by atoms with Crippen LogP contribution < -0.4 is 5.32 Å². The Morgan fingerprint density at radius 1 is 1.19 bits per heavy atom. The number of hydrogen-bond donors (Lipinski definition) is 1. The molecule has 1 aliphatic carbocycles. The van der Waals surface area contributed by atoms with Crippen LogP contribution in [0.15, 0.2) is 0 Å². The number of morpholine rings is 1. The summed E-state index contributed by atoms with van der Waals surface area (Å²) in [6, 6.07) is 0.702. The Labute approximate surface area is 128 Å². The maximum absolute atomic E-state index is 11.7. The van der Waals surface area contributed by atoms with E-state index in [0.29, 0.717) is 18.6 Å². The van der Waals surface area contributed by atoms with Gasteiger partial charge in [-0.15, -0.1) is 0 Å². The summed E-state index contributed by atoms with van der Waals surface area (Å²) < 4.78 is 10.8. The quantitative estimate of drug-likeness (QED) is 0.869. The summed E-state index contributed by atoms with van der Waals surface area (Å²) in [5, 5.41) is 2.84. The van der Waals surface area contributed by atoms with Crippen LogP contribution >= 0.6 is 0 Å². The average molecular weight is 298 g/mol. The molecule has 5 nitrogen and oxygen atoms in total. The van der Waals surface area contributed by atoms with Gasteiger partial charge in [0.05, 0.1) is 19.8 Å². The van der Waals surface area contributed by atoms with Crippen LogP contribution in [-0.2, 0) is 9.47 Å². The van der Waals surface area contributed by atoms with Crippen molar-refractivity contribution in [2.75, 3.05) is 32.9 Å². The predicted octanol–water partition coefficient (Wildman–Crippen LogP) is 2.40. The van der Waals surface area contributed by atoms with Crippen LogP contribution in [0.5, 0.6) is 0 Å². The van der Waals surface area contributed by atoms with E-state index in [1.54, 1.807) is 0 Å². The minimum absolute atomic E-state index is 0.231. The van der Waals surface area contributed by atoms with Crippen LogP contribution in [0.3, 0.4) is 0 Å². The van der Waals surface area contributed by atoms with Gasteiger partial charge in [-0.25, -0.2) is 4.79 Å². The second-order valence-corrected chi connectivity index (χ2v) is 7.30. The topological polar surface area (TPSA) is 50.8 Å². The summed E-state index contributed by atoms with van der Waals surface area (Å²) in [6.45, 7) is 10.3. The van der Waals surface area contributed by atoms with E-state index in [4.69, 9.17) is 9.47 Å². The van der Waals surface area contributed by atoms with E-state index in [-0.39, 0.29) is 11.6 Å². The van der Waals surface area contributed by atoms with Crippen molar-refractivity contribution >= 4 is 6.09 Å². The maximum atomic E-state index is 11.7. The molecule has 1 saturated carbocycles. The van der Waals surface area contributed by atoms with Crippen molar-refractivity contribution in [3.8, 4) is 0 Å². The SMILES string of the molecule is CC(C)(C)NC(=O)OCC1CCC(N2CCOCC2)CC1. The van der Waals surface area contributed by atoms with Gasteiger partial charge in [0.25, 0.3) is 0 Å². The molecule has 1 aliphatic heterocycles. The molecule has 1 N–H and O–H groups in total. The summed E-state index contributed by atoms with van der Waals surface area (Å²) >= 11 is 0. The molecule has 2 fully saturated rings. The van der Waals surface area contributed by atoms with E-state index in [2.05, 4.69) is 10.2 Å². The van der Waals surface area contributed by atoms with Crippen molar-refractivity contribution in [2.24, 2.45) is 5.92 Å². The second kappa shape index (κ2) is 7.45. The molecule has 0 aromatic carbocycles. The molecular formula is C16H30N2O3. The molecule has 5 heteroatoms. The Bertz CT molecular complexity index is 327. The van der Waals surface area contributed by atoms with E-state index in [9.17, 15) is 4.79 Å². The molecule has 0 aromatic rings. The zero-order valence-electron chi connectivity index (χ0n) is 13.7. The fourth-order valence-corrected chi connectivity index (χ4v) is 3.16. The van der Waals surface area contributed by atoms with Gasteiger partial charge in [0.15, 0.2) is 0 Å². The molecular weight excluding hydrogens is 268 g/mol. The van der Waals surface area contributed by atoms with Crippen molar-refractivity contribution in [3.05, 3.63) is 0 Å². The Balaban J connectivity index is 1.63. The summed E-state index contributed by atoms with van der Waals surface area (Å²) in [4.78, 5) is 14.2. The smallest absolute Gasteiger partial charge is 0.407 e. The number of carbonyl (C=O) groups is 1. The first-order valence-electron chi connectivity index (χ1n) is 8.21. The van der Waals surface area contributed by atoms with E-state index >= 15 is 0 Å². The molecule has 0 spiro atoms. The molecule has 0 bridgehead atoms. The first kappa shape index (κ1) is 16.6. The van der Waals surface area contributed by atoms with Crippen LogP contribution in [0.4, 0.5) is 4.79 Å². The van der Waals surface area contributed by atoms with Crippen LogP contribution in [-0.4, -0.2) is 55.5 Å². The van der Waals surface area contributed by atoms with Gasteiger partial charge in [-0.1, -0.05) is 0 Å². The van der Waals surface area contributed by atoms with Gasteiger partial charge < -0.3 is 14.8 Å². The zero-order valence-corrected chi connectivity index (χ0v) is 13.7. The molecule has 21 heavy (non-hydrogen) atoms. The summed E-state index contributed by atoms with van der Waals surface area (Å²) in [5.41, 5.74) is -0.231. The van der Waals surface area contributed by atoms with E-state index in [1.165, 1.54) is 12.8 Å². The number of ether oxygens (including phenoxy) is 2. The Hall–Kier alpha value is -0.810. The van der Waals surface area contributed by atoms with E-state index in [1.807, 2.05) is 20.8 Å². The van der Waals surface area contributed by atoms with Crippen molar-refractivity contribution in [1.29, 1.82) is 0 Å². The number of hydrogen-bond acceptors (Lipinski definition) is 4. The van der Waals surface area contributed by atoms with E-state index in [0.717, 1.165) is 39.1 Å². The highest BCUT2D eigenvalue weighted by molar-refractivity contribution is 5.68. The second-order valence-electron chi connectivity index (χ2n) is 7.30. The number of carbonyl (C=O) groups excluding carboxylic acids is 1. The Morgan fingerprint density at radius 3 is 2.38 bits per heavy atom. The largest absolute Gasteiger partial charge is 0.449 e. The molecule has 0 atom stereocenters. The lowest BCUT2D eigenvalue weighted by Gasteiger charge is -2.38. The first-order valence-corrected chi connectivity index (χ1v) is 8.21. The zero-order chi connectivity index (χ0) is 15.3. The molecule has 1 heterocycles. The highest BCUT2D eigenvalue weighted by Gasteiger charge is 2.27.